The molecule has 1 aromatic carbocycles. The van der Waals surface area contributed by atoms with Gasteiger partial charge in [0.2, 0.25) is 0 Å². The topological polar surface area (TPSA) is 118 Å². The highest BCUT2D eigenvalue weighted by molar-refractivity contribution is 6.32. The molecule has 5 rings (SSSR count). The molecule has 2 atom stereocenters. The number of phenolic OH excluding ortho intramolecular Hbond substituents is 1. The molecule has 0 spiro atoms. The number of aromatic hydroxyl groups is 1. The van der Waals surface area contributed by atoms with Gasteiger partial charge in [0, 0.05) is 29.9 Å². The van der Waals surface area contributed by atoms with Crippen LogP contribution in [-0.4, -0.2) is 74.7 Å². The summed E-state index contributed by atoms with van der Waals surface area (Å²) in [5.74, 6) is -0.541. The number of halogens is 2. The second-order valence-corrected chi connectivity index (χ2v) is 12.1. The zero-order chi connectivity index (χ0) is 29.6. The lowest BCUT2D eigenvalue weighted by Gasteiger charge is -2.42. The Balaban J connectivity index is 1.59. The van der Waals surface area contributed by atoms with E-state index in [9.17, 15) is 14.7 Å². The number of fused-ring (bicyclic) bond motifs is 3. The summed E-state index contributed by atoms with van der Waals surface area (Å²) in [7, 11) is 0. The number of hydrogen-bond acceptors (Lipinski definition) is 9. The normalized spacial score (nSPS) is 18.7. The maximum atomic E-state index is 16.3. The fourth-order valence-corrected chi connectivity index (χ4v) is 6.13. The van der Waals surface area contributed by atoms with E-state index in [2.05, 4.69) is 15.0 Å². The molecule has 218 valence electrons. The summed E-state index contributed by atoms with van der Waals surface area (Å²) >= 11 is 6.43. The largest absolute Gasteiger partial charge is 0.508 e. The summed E-state index contributed by atoms with van der Waals surface area (Å²) in [4.78, 5) is 41.1. The fourth-order valence-electron chi connectivity index (χ4n) is 5.70. The van der Waals surface area contributed by atoms with E-state index in [0.717, 1.165) is 12.8 Å². The Morgan fingerprint density at radius 1 is 1.22 bits per heavy atom. The van der Waals surface area contributed by atoms with Gasteiger partial charge in [-0.15, -0.1) is 0 Å². The van der Waals surface area contributed by atoms with Gasteiger partial charge in [0.1, 0.15) is 35.0 Å². The van der Waals surface area contributed by atoms with Gasteiger partial charge in [-0.05, 0) is 57.2 Å². The Morgan fingerprint density at radius 2 is 1.90 bits per heavy atom. The van der Waals surface area contributed by atoms with Crippen molar-refractivity contribution >= 4 is 40.7 Å². The summed E-state index contributed by atoms with van der Waals surface area (Å²) in [6.45, 7) is 9.91. The third-order valence-electron chi connectivity index (χ3n) is 7.26. The molecule has 2 aliphatic rings. The minimum absolute atomic E-state index is 0.0280. The average molecular weight is 586 g/mol. The predicted molar refractivity (Wildman–Crippen MR) is 152 cm³/mol. The Bertz CT molecular complexity index is 1500. The summed E-state index contributed by atoms with van der Waals surface area (Å²) < 4.78 is 27.4. The molecule has 1 amide bonds. The van der Waals surface area contributed by atoms with E-state index in [0.29, 0.717) is 46.7 Å². The molecule has 2 fully saturated rings. The maximum absolute atomic E-state index is 16.3. The molecule has 2 unspecified atom stereocenters. The zero-order valence-electron chi connectivity index (χ0n) is 23.6. The molecule has 2 saturated heterocycles. The number of rotatable bonds is 6. The number of pyridine rings is 1. The van der Waals surface area contributed by atoms with Gasteiger partial charge in [-0.25, -0.2) is 9.18 Å². The van der Waals surface area contributed by atoms with E-state index in [1.807, 2.05) is 39.5 Å². The van der Waals surface area contributed by atoms with Crippen molar-refractivity contribution in [3.63, 3.8) is 0 Å². The number of aldehydes is 1. The first kappa shape index (κ1) is 28.8. The predicted octanol–water partition coefficient (Wildman–Crippen LogP) is 5.48. The van der Waals surface area contributed by atoms with Gasteiger partial charge in [-0.1, -0.05) is 25.4 Å². The Labute approximate surface area is 242 Å². The van der Waals surface area contributed by atoms with Gasteiger partial charge in [-0.3, -0.25) is 14.7 Å². The van der Waals surface area contributed by atoms with E-state index in [-0.39, 0.29) is 53.7 Å². The van der Waals surface area contributed by atoms with Crippen LogP contribution in [0, 0.1) is 5.82 Å². The van der Waals surface area contributed by atoms with Crippen LogP contribution in [0.2, 0.25) is 5.02 Å². The van der Waals surface area contributed by atoms with Crippen molar-refractivity contribution in [1.29, 1.82) is 0 Å². The number of phenols is 1. The molecule has 10 nitrogen and oxygen atoms in total. The summed E-state index contributed by atoms with van der Waals surface area (Å²) in [5, 5.41) is 10.9. The first-order chi connectivity index (χ1) is 19.4. The molecule has 1 N–H and O–H groups in total. The third kappa shape index (κ3) is 5.59. The second-order valence-electron chi connectivity index (χ2n) is 11.7. The molecule has 41 heavy (non-hydrogen) atoms. The number of anilines is 1. The Morgan fingerprint density at radius 3 is 2.51 bits per heavy atom. The summed E-state index contributed by atoms with van der Waals surface area (Å²) in [6, 6.07) is 2.45. The Hall–Kier alpha value is -3.73. The van der Waals surface area contributed by atoms with Gasteiger partial charge in [0.05, 0.1) is 17.5 Å². The van der Waals surface area contributed by atoms with Crippen LogP contribution in [0.25, 0.3) is 22.2 Å². The van der Waals surface area contributed by atoms with Crippen LogP contribution < -0.4 is 9.64 Å². The highest BCUT2D eigenvalue weighted by Gasteiger charge is 2.45. The van der Waals surface area contributed by atoms with Crippen molar-refractivity contribution in [1.82, 2.24) is 19.9 Å². The zero-order valence-corrected chi connectivity index (χ0v) is 24.4. The Kier molecular flexibility index (Phi) is 7.67. The smallest absolute Gasteiger partial charge is 0.410 e. The molecule has 2 aliphatic heterocycles. The molecule has 0 radical (unpaired) electrons. The van der Waals surface area contributed by atoms with Crippen molar-refractivity contribution in [3.05, 3.63) is 34.7 Å². The molecule has 3 aromatic rings. The van der Waals surface area contributed by atoms with Gasteiger partial charge < -0.3 is 19.5 Å². The molecule has 0 aliphatic carbocycles. The highest BCUT2D eigenvalue weighted by Crippen LogP contribution is 2.41. The number of carbonyl (C=O) groups excluding carboxylic acids is 2. The van der Waals surface area contributed by atoms with Gasteiger partial charge in [0.15, 0.2) is 12.1 Å². The van der Waals surface area contributed by atoms with Crippen LogP contribution >= 0.6 is 11.6 Å². The van der Waals surface area contributed by atoms with Gasteiger partial charge >= 0.3 is 12.1 Å². The van der Waals surface area contributed by atoms with Gasteiger partial charge in [-0.2, -0.15) is 9.97 Å². The highest BCUT2D eigenvalue weighted by atomic mass is 35.5. The number of ether oxygens (including phenoxy) is 2. The van der Waals surface area contributed by atoms with Crippen LogP contribution in [0.5, 0.6) is 11.8 Å². The van der Waals surface area contributed by atoms with Crippen molar-refractivity contribution in [2.45, 2.75) is 71.1 Å². The number of amides is 1. The number of benzene rings is 1. The molecular formula is C29H33ClFN5O5. The number of nitrogens with zero attached hydrogens (tertiary/aromatic N) is 5. The van der Waals surface area contributed by atoms with Crippen LogP contribution in [0.15, 0.2) is 18.3 Å². The number of hydrogen-bond donors (Lipinski definition) is 1. The lowest BCUT2D eigenvalue weighted by Crippen LogP contribution is -2.57. The van der Waals surface area contributed by atoms with Gasteiger partial charge in [0.25, 0.3) is 0 Å². The lowest BCUT2D eigenvalue weighted by atomic mass is 9.94. The van der Waals surface area contributed by atoms with Crippen molar-refractivity contribution in [2.24, 2.45) is 0 Å². The maximum Gasteiger partial charge on any atom is 0.410 e. The molecular weight excluding hydrogens is 553 g/mol. The average Bonchev–Trinajstić information content (AvgIpc) is 3.15. The van der Waals surface area contributed by atoms with E-state index >= 15 is 4.39 Å². The molecule has 0 saturated carbocycles. The summed E-state index contributed by atoms with van der Waals surface area (Å²) in [5.41, 5.74) is 0.301. The van der Waals surface area contributed by atoms with Crippen LogP contribution in [-0.2, 0) is 9.53 Å². The first-order valence-corrected chi connectivity index (χ1v) is 14.0. The number of carbonyl (C=O) groups is 2. The van der Waals surface area contributed by atoms with E-state index in [4.69, 9.17) is 21.1 Å². The van der Waals surface area contributed by atoms with E-state index < -0.39 is 11.4 Å². The lowest BCUT2D eigenvalue weighted by molar-refractivity contribution is -0.109. The quantitative estimate of drug-likeness (QED) is 0.375. The van der Waals surface area contributed by atoms with Crippen molar-refractivity contribution in [3.8, 4) is 23.0 Å². The number of aromatic nitrogens is 3. The molecule has 2 aromatic heterocycles. The minimum Gasteiger partial charge on any atom is -0.508 e. The third-order valence-corrected chi connectivity index (χ3v) is 7.57. The SMILES string of the molecule is CC(C)c1c(Cl)cc(O)cc1-c1ncc2c(N3CC4CCC(C3)N4C(=O)OC(C)(C)C)nc(OCC=O)nc2c1F. The monoisotopic (exact) mass is 585 g/mol. The minimum atomic E-state index is -0.735. The second kappa shape index (κ2) is 10.9. The fraction of sp³-hybridized carbons (Fsp3) is 0.483. The van der Waals surface area contributed by atoms with Crippen LogP contribution in [0.1, 0.15) is 58.9 Å². The number of piperazine rings is 1. The van der Waals surface area contributed by atoms with Crippen molar-refractivity contribution < 1.29 is 28.6 Å². The standard InChI is InChI=1S/C29H33ClFN5O5/c1-15(2)22-19(10-18(38)11-21(22)30)24-23(31)25-20(12-32-24)26(34-27(33-25)40-9-8-37)35-13-16-6-7-17(14-35)36(16)28(39)41-29(3,4)5/h8,10-12,15-17,38H,6-7,9,13-14H2,1-5H3. The van der Waals surface area contributed by atoms with E-state index in [1.165, 1.54) is 18.3 Å². The summed E-state index contributed by atoms with van der Waals surface area (Å²) in [6.07, 6.45) is 3.30. The van der Waals surface area contributed by atoms with Crippen molar-refractivity contribution in [2.75, 3.05) is 24.6 Å². The molecule has 12 heteroatoms. The molecule has 2 bridgehead atoms. The first-order valence-electron chi connectivity index (χ1n) is 13.6. The van der Waals surface area contributed by atoms with E-state index in [1.54, 1.807) is 4.90 Å². The molecule has 4 heterocycles. The van der Waals surface area contributed by atoms with Crippen LogP contribution in [0.4, 0.5) is 15.0 Å². The van der Waals surface area contributed by atoms with Crippen LogP contribution in [0.3, 0.4) is 0 Å².